The fourth-order valence-corrected chi connectivity index (χ4v) is 4.11. The Morgan fingerprint density at radius 3 is 1.76 bits per heavy atom. The molecule has 1 aliphatic heterocycles. The number of hydrogen-bond donors (Lipinski definition) is 1. The number of alkyl halides is 3. The molecule has 174 valence electrons. The molecule has 0 spiro atoms. The molecule has 0 radical (unpaired) electrons. The summed E-state index contributed by atoms with van der Waals surface area (Å²) in [6.07, 6.45) is -4.70. The van der Waals surface area contributed by atoms with Gasteiger partial charge in [-0.05, 0) is 58.7 Å². The Kier molecular flexibility index (Phi) is 5.62. The Bertz CT molecular complexity index is 1300. The van der Waals surface area contributed by atoms with Crippen LogP contribution in [0.1, 0.15) is 5.56 Å². The van der Waals surface area contributed by atoms with Crippen LogP contribution < -0.4 is 24.1 Å². The number of fused-ring (bicyclic) bond motifs is 1. The Hall–Kier alpha value is -3.44. The van der Waals surface area contributed by atoms with Crippen LogP contribution in [-0.2, 0) is 16.2 Å². The number of nitrogens with two attached hydrogens (primary N) is 1. The summed E-state index contributed by atoms with van der Waals surface area (Å²) < 4.78 is 85.0. The van der Waals surface area contributed by atoms with Gasteiger partial charge in [0, 0.05) is 0 Å². The molecule has 0 saturated heterocycles. The minimum atomic E-state index is -4.70. The molecule has 1 aliphatic rings. The Balaban J connectivity index is 1.95. The Morgan fingerprint density at radius 2 is 1.33 bits per heavy atom. The van der Waals surface area contributed by atoms with Crippen LogP contribution in [0.5, 0.6) is 23.0 Å². The van der Waals surface area contributed by atoms with Crippen LogP contribution in [0.4, 0.5) is 13.2 Å². The van der Waals surface area contributed by atoms with Gasteiger partial charge in [-0.3, -0.25) is 0 Å². The van der Waals surface area contributed by atoms with Gasteiger partial charge in [0.25, 0.3) is 0 Å². The van der Waals surface area contributed by atoms with Crippen LogP contribution in [0.15, 0.2) is 53.4 Å². The molecule has 0 aliphatic carbocycles. The van der Waals surface area contributed by atoms with E-state index in [1.165, 1.54) is 24.3 Å². The molecule has 33 heavy (non-hydrogen) atoms. The molecule has 0 unspecified atom stereocenters. The minimum absolute atomic E-state index is 0.0117. The van der Waals surface area contributed by atoms with Gasteiger partial charge in [-0.25, -0.2) is 13.6 Å². The van der Waals surface area contributed by atoms with Crippen molar-refractivity contribution in [2.75, 3.05) is 21.0 Å². The van der Waals surface area contributed by atoms with Crippen molar-refractivity contribution < 1.29 is 40.5 Å². The van der Waals surface area contributed by atoms with Gasteiger partial charge in [-0.2, -0.15) is 13.2 Å². The van der Waals surface area contributed by atoms with Crippen molar-refractivity contribution in [1.82, 2.24) is 0 Å². The average Bonchev–Trinajstić information content (AvgIpc) is 3.23. The lowest BCUT2D eigenvalue weighted by molar-refractivity contribution is -0.139. The highest BCUT2D eigenvalue weighted by Crippen LogP contribution is 2.48. The molecule has 0 fully saturated rings. The molecule has 0 atom stereocenters. The summed E-state index contributed by atoms with van der Waals surface area (Å²) in [5, 5.41) is 5.17. The largest absolute Gasteiger partial charge is 0.496 e. The summed E-state index contributed by atoms with van der Waals surface area (Å²) in [6.45, 7) is -0.0117. The lowest BCUT2D eigenvalue weighted by atomic mass is 9.92. The van der Waals surface area contributed by atoms with Gasteiger partial charge in [0.05, 0.1) is 19.1 Å². The number of ether oxygens (including phenoxy) is 4. The smallest absolute Gasteiger partial charge is 0.423 e. The molecular formula is C22H18F3NO6S. The second kappa shape index (κ2) is 8.16. The van der Waals surface area contributed by atoms with E-state index in [1.807, 2.05) is 0 Å². The first-order chi connectivity index (χ1) is 15.5. The highest BCUT2D eigenvalue weighted by atomic mass is 32.2. The number of sulfonamides is 1. The summed E-state index contributed by atoms with van der Waals surface area (Å²) in [5.41, 5.74) is 0.960. The predicted molar refractivity (Wildman–Crippen MR) is 113 cm³/mol. The van der Waals surface area contributed by atoms with Crippen LogP contribution in [0.25, 0.3) is 22.3 Å². The highest BCUT2D eigenvalue weighted by Gasteiger charge is 2.39. The van der Waals surface area contributed by atoms with Crippen molar-refractivity contribution in [2.45, 2.75) is 11.1 Å². The number of hydrogen-bond acceptors (Lipinski definition) is 6. The molecule has 0 aromatic heterocycles. The van der Waals surface area contributed by atoms with E-state index in [0.29, 0.717) is 33.8 Å². The second-order valence-corrected chi connectivity index (χ2v) is 8.64. The molecule has 3 aromatic carbocycles. The topological polar surface area (TPSA) is 97.1 Å². The minimum Gasteiger partial charge on any atom is -0.496 e. The van der Waals surface area contributed by atoms with Crippen LogP contribution in [-0.4, -0.2) is 29.4 Å². The molecule has 7 nitrogen and oxygen atoms in total. The van der Waals surface area contributed by atoms with Gasteiger partial charge in [0.15, 0.2) is 11.5 Å². The first-order valence-corrected chi connectivity index (χ1v) is 11.0. The first-order valence-electron chi connectivity index (χ1n) is 9.43. The molecule has 4 rings (SSSR count). The van der Waals surface area contributed by atoms with Gasteiger partial charge in [-0.1, -0.05) is 12.1 Å². The number of halogens is 3. The van der Waals surface area contributed by atoms with Gasteiger partial charge >= 0.3 is 6.18 Å². The maximum Gasteiger partial charge on any atom is 0.423 e. The number of rotatable bonds is 5. The Labute approximate surface area is 187 Å². The normalized spacial score (nSPS) is 13.2. The van der Waals surface area contributed by atoms with Crippen molar-refractivity contribution >= 4 is 10.0 Å². The zero-order chi connectivity index (χ0) is 24.0. The molecule has 3 aromatic rings. The van der Waals surface area contributed by atoms with Crippen LogP contribution in [0.3, 0.4) is 0 Å². The monoisotopic (exact) mass is 481 g/mol. The maximum absolute atomic E-state index is 13.6. The standard InChI is InChI=1S/C22H18F3NO6S/c1-29-19-7-13(8-20(30-2)21(19)22(23,24)25)16-10-18-17(31-11-32-18)9-15(16)12-3-5-14(6-4-12)33(26,27)28/h3-10H,11H2,1-2H3,(H2,26,27,28). The molecule has 0 saturated carbocycles. The van der Waals surface area contributed by atoms with E-state index >= 15 is 0 Å². The molecular weight excluding hydrogens is 463 g/mol. The summed E-state index contributed by atoms with van der Waals surface area (Å²) in [6, 6.07) is 11.6. The fraction of sp³-hybridized carbons (Fsp3) is 0.182. The van der Waals surface area contributed by atoms with Crippen molar-refractivity contribution in [3.05, 3.63) is 54.1 Å². The predicted octanol–water partition coefficient (Wildman–Crippen LogP) is 4.43. The van der Waals surface area contributed by atoms with E-state index in [4.69, 9.17) is 24.1 Å². The van der Waals surface area contributed by atoms with Crippen LogP contribution >= 0.6 is 0 Å². The third-order valence-corrected chi connectivity index (χ3v) is 6.04. The molecule has 0 amide bonds. The third-order valence-electron chi connectivity index (χ3n) is 5.11. The molecule has 2 N–H and O–H groups in total. The Morgan fingerprint density at radius 1 is 0.848 bits per heavy atom. The molecule has 11 heteroatoms. The zero-order valence-corrected chi connectivity index (χ0v) is 18.2. The molecule has 0 bridgehead atoms. The molecule has 1 heterocycles. The highest BCUT2D eigenvalue weighted by molar-refractivity contribution is 7.89. The van der Waals surface area contributed by atoms with E-state index in [0.717, 1.165) is 14.2 Å². The quantitative estimate of drug-likeness (QED) is 0.579. The van der Waals surface area contributed by atoms with E-state index < -0.39 is 33.3 Å². The summed E-state index contributed by atoms with van der Waals surface area (Å²) in [7, 11) is -1.62. The van der Waals surface area contributed by atoms with Gasteiger partial charge < -0.3 is 18.9 Å². The lowest BCUT2D eigenvalue weighted by Gasteiger charge is -2.19. The number of methoxy groups -OCH3 is 2. The summed E-state index contributed by atoms with van der Waals surface area (Å²) in [5.74, 6) is 0.0259. The second-order valence-electron chi connectivity index (χ2n) is 7.07. The van der Waals surface area contributed by atoms with Crippen molar-refractivity contribution in [2.24, 2.45) is 5.14 Å². The van der Waals surface area contributed by atoms with Crippen molar-refractivity contribution in [3.63, 3.8) is 0 Å². The average molecular weight is 481 g/mol. The van der Waals surface area contributed by atoms with Gasteiger partial charge in [0.2, 0.25) is 16.8 Å². The first kappa shape index (κ1) is 22.7. The van der Waals surface area contributed by atoms with Crippen molar-refractivity contribution in [1.29, 1.82) is 0 Å². The third kappa shape index (κ3) is 4.29. The van der Waals surface area contributed by atoms with E-state index in [-0.39, 0.29) is 11.7 Å². The summed E-state index contributed by atoms with van der Waals surface area (Å²) >= 11 is 0. The maximum atomic E-state index is 13.6. The van der Waals surface area contributed by atoms with Gasteiger partial charge in [0.1, 0.15) is 17.1 Å². The summed E-state index contributed by atoms with van der Waals surface area (Å²) in [4.78, 5) is -0.0774. The number of primary sulfonamides is 1. The lowest BCUT2D eigenvalue weighted by Crippen LogP contribution is -2.11. The number of benzene rings is 3. The fourth-order valence-electron chi connectivity index (χ4n) is 3.59. The van der Waals surface area contributed by atoms with E-state index in [9.17, 15) is 21.6 Å². The SMILES string of the molecule is COc1cc(-c2cc3c(cc2-c2ccc(S(N)(=O)=O)cc2)OCO3)cc(OC)c1C(F)(F)F. The van der Waals surface area contributed by atoms with Crippen molar-refractivity contribution in [3.8, 4) is 45.3 Å². The van der Waals surface area contributed by atoms with Crippen LogP contribution in [0.2, 0.25) is 0 Å². The zero-order valence-electron chi connectivity index (χ0n) is 17.4. The van der Waals surface area contributed by atoms with E-state index in [2.05, 4.69) is 0 Å². The van der Waals surface area contributed by atoms with E-state index in [1.54, 1.807) is 24.3 Å². The van der Waals surface area contributed by atoms with Gasteiger partial charge in [-0.15, -0.1) is 0 Å². The van der Waals surface area contributed by atoms with Crippen LogP contribution in [0, 0.1) is 0 Å².